The Morgan fingerprint density at radius 3 is 2.33 bits per heavy atom. The molecule has 3 fully saturated rings. The number of esters is 1. The van der Waals surface area contributed by atoms with Crippen LogP contribution in [0.25, 0.3) is 11.1 Å². The zero-order valence-electron chi connectivity index (χ0n) is 28.1. The third-order valence-electron chi connectivity index (χ3n) is 10.4. The van der Waals surface area contributed by atoms with E-state index in [0.717, 1.165) is 67.6 Å². The Bertz CT molecular complexity index is 1490. The summed E-state index contributed by atoms with van der Waals surface area (Å²) in [5.74, 6) is 2.19. The lowest BCUT2D eigenvalue weighted by Crippen LogP contribution is -2.42. The topological polar surface area (TPSA) is 73.7 Å². The third kappa shape index (κ3) is 7.67. The van der Waals surface area contributed by atoms with E-state index in [2.05, 4.69) is 84.1 Å². The van der Waals surface area contributed by atoms with Crippen molar-refractivity contribution in [3.05, 3.63) is 66.0 Å². The highest BCUT2D eigenvalue weighted by Gasteiger charge is 2.35. The Balaban J connectivity index is 1.16. The number of carbonyl (C=O) groups is 2. The molecule has 46 heavy (non-hydrogen) atoms. The second-order valence-electron chi connectivity index (χ2n) is 14.5. The molecule has 3 aliphatic carbocycles. The van der Waals surface area contributed by atoms with Gasteiger partial charge in [0.05, 0.1) is 31.9 Å². The molecule has 0 radical (unpaired) electrons. The molecule has 3 saturated carbocycles. The lowest BCUT2D eigenvalue weighted by molar-refractivity contribution is -0.151. The molecule has 0 spiro atoms. The van der Waals surface area contributed by atoms with Crippen LogP contribution in [0, 0.1) is 30.6 Å². The van der Waals surface area contributed by atoms with Crippen LogP contribution in [0.4, 0.5) is 5.69 Å². The molecule has 6 rings (SSSR count). The number of aromatic nitrogens is 2. The molecule has 1 aromatic heterocycles. The van der Waals surface area contributed by atoms with Gasteiger partial charge in [-0.1, -0.05) is 38.1 Å². The van der Waals surface area contributed by atoms with E-state index in [4.69, 9.17) is 9.47 Å². The molecule has 7 heteroatoms. The zero-order chi connectivity index (χ0) is 32.2. The smallest absolute Gasteiger partial charge is 0.308 e. The quantitative estimate of drug-likeness (QED) is 0.200. The summed E-state index contributed by atoms with van der Waals surface area (Å²) in [7, 11) is 1.73. The molecule has 1 amide bonds. The number of nitrogens with zero attached hydrogens (tertiary/aromatic N) is 3. The molecule has 2 aromatic carbocycles. The van der Waals surface area contributed by atoms with Crippen molar-refractivity contribution in [2.45, 2.75) is 96.9 Å². The van der Waals surface area contributed by atoms with Gasteiger partial charge < -0.3 is 14.4 Å². The number of ether oxygens (including phenoxy) is 2. The lowest BCUT2D eigenvalue weighted by Gasteiger charge is -2.36. The molecule has 3 aromatic rings. The molecule has 0 unspecified atom stereocenters. The number of carbonyl (C=O) groups excluding carboxylic acids is 2. The summed E-state index contributed by atoms with van der Waals surface area (Å²) in [5, 5.41) is 4.61. The Kier molecular flexibility index (Phi) is 10.1. The second kappa shape index (κ2) is 14.4. The van der Waals surface area contributed by atoms with Gasteiger partial charge in [-0.2, -0.15) is 5.10 Å². The Hall–Kier alpha value is -3.61. The number of rotatable bonds is 11. The molecule has 1 heterocycles. The summed E-state index contributed by atoms with van der Waals surface area (Å²) in [5.41, 5.74) is 5.74. The van der Waals surface area contributed by atoms with E-state index in [1.807, 2.05) is 6.20 Å². The summed E-state index contributed by atoms with van der Waals surface area (Å²) in [4.78, 5) is 29.1. The van der Waals surface area contributed by atoms with Crippen molar-refractivity contribution in [3.8, 4) is 16.9 Å². The number of anilines is 1. The lowest BCUT2D eigenvalue weighted by atomic mass is 9.77. The van der Waals surface area contributed by atoms with Crippen molar-refractivity contribution in [3.63, 3.8) is 0 Å². The van der Waals surface area contributed by atoms with Gasteiger partial charge in [0.1, 0.15) is 5.75 Å². The zero-order valence-corrected chi connectivity index (χ0v) is 28.1. The monoisotopic (exact) mass is 625 g/mol. The minimum Gasteiger partial charge on any atom is -0.496 e. The van der Waals surface area contributed by atoms with Gasteiger partial charge in [-0.25, -0.2) is 0 Å². The van der Waals surface area contributed by atoms with Crippen molar-refractivity contribution < 1.29 is 19.1 Å². The highest BCUT2D eigenvalue weighted by atomic mass is 16.5. The van der Waals surface area contributed by atoms with E-state index >= 15 is 0 Å². The van der Waals surface area contributed by atoms with Gasteiger partial charge in [-0.05, 0) is 124 Å². The van der Waals surface area contributed by atoms with Crippen molar-refractivity contribution in [1.29, 1.82) is 0 Å². The van der Waals surface area contributed by atoms with E-state index in [9.17, 15) is 9.59 Å². The van der Waals surface area contributed by atoms with E-state index in [1.54, 1.807) is 7.11 Å². The summed E-state index contributed by atoms with van der Waals surface area (Å²) in [6.07, 6.45) is 13.8. The molecule has 7 nitrogen and oxygen atoms in total. The number of hydrogen-bond donors (Lipinski definition) is 0. The Labute approximate surface area is 274 Å². The third-order valence-corrected chi connectivity index (χ3v) is 10.4. The van der Waals surface area contributed by atoms with Gasteiger partial charge in [0.15, 0.2) is 0 Å². The summed E-state index contributed by atoms with van der Waals surface area (Å²) < 4.78 is 13.1. The highest BCUT2D eigenvalue weighted by molar-refractivity contribution is 5.96. The average molecular weight is 626 g/mol. The summed E-state index contributed by atoms with van der Waals surface area (Å²) in [6, 6.07) is 15.6. The first-order valence-corrected chi connectivity index (χ1v) is 17.6. The maximum absolute atomic E-state index is 14.4. The predicted molar refractivity (Wildman–Crippen MR) is 182 cm³/mol. The molecule has 0 aliphatic heterocycles. The van der Waals surface area contributed by atoms with Crippen molar-refractivity contribution in [1.82, 2.24) is 9.78 Å². The van der Waals surface area contributed by atoms with E-state index in [-0.39, 0.29) is 23.7 Å². The number of benzene rings is 2. The minimum atomic E-state index is -0.0977. The molecule has 0 bridgehead atoms. The molecular formula is C39H51N3O4. The molecule has 0 saturated heterocycles. The predicted octanol–water partition coefficient (Wildman–Crippen LogP) is 8.51. The Morgan fingerprint density at radius 1 is 0.913 bits per heavy atom. The van der Waals surface area contributed by atoms with Gasteiger partial charge in [-0.15, -0.1) is 0 Å². The van der Waals surface area contributed by atoms with Crippen molar-refractivity contribution in [2.75, 3.05) is 25.2 Å². The largest absolute Gasteiger partial charge is 0.496 e. The maximum Gasteiger partial charge on any atom is 0.308 e. The van der Waals surface area contributed by atoms with Crippen LogP contribution in [-0.4, -0.2) is 41.9 Å². The SMILES string of the molecule is COc1ccc(C2CCC(CN(C(=O)C3CCC(C(=O)OCC(C)C)CC3)c3cccc(-c4cnn(C5CC5)c4)c3)CC2)cc1C. The van der Waals surface area contributed by atoms with E-state index in [0.29, 0.717) is 43.2 Å². The number of hydrogen-bond acceptors (Lipinski definition) is 5. The van der Waals surface area contributed by atoms with Crippen LogP contribution in [0.3, 0.4) is 0 Å². The van der Waals surface area contributed by atoms with Crippen LogP contribution in [0.1, 0.15) is 101 Å². The fourth-order valence-corrected chi connectivity index (χ4v) is 7.46. The molecule has 3 aliphatic rings. The van der Waals surface area contributed by atoms with Crippen LogP contribution in [0.2, 0.25) is 0 Å². The van der Waals surface area contributed by atoms with Crippen molar-refractivity contribution in [2.24, 2.45) is 23.7 Å². The van der Waals surface area contributed by atoms with Crippen LogP contribution >= 0.6 is 0 Å². The first kappa shape index (κ1) is 32.3. The first-order chi connectivity index (χ1) is 22.3. The summed E-state index contributed by atoms with van der Waals surface area (Å²) in [6.45, 7) is 7.41. The number of methoxy groups -OCH3 is 1. The normalized spacial score (nSPS) is 23.2. The fourth-order valence-electron chi connectivity index (χ4n) is 7.46. The van der Waals surface area contributed by atoms with Gasteiger partial charge in [0.2, 0.25) is 5.91 Å². The van der Waals surface area contributed by atoms with Gasteiger partial charge in [0, 0.05) is 29.9 Å². The first-order valence-electron chi connectivity index (χ1n) is 17.6. The number of amides is 1. The van der Waals surface area contributed by atoms with E-state index in [1.165, 1.54) is 24.0 Å². The Morgan fingerprint density at radius 2 is 1.65 bits per heavy atom. The minimum absolute atomic E-state index is 0.0750. The fraction of sp³-hybridized carbons (Fsp3) is 0.564. The maximum atomic E-state index is 14.4. The second-order valence-corrected chi connectivity index (χ2v) is 14.5. The average Bonchev–Trinajstić information content (AvgIpc) is 3.81. The van der Waals surface area contributed by atoms with Crippen molar-refractivity contribution >= 4 is 17.6 Å². The molecule has 246 valence electrons. The molecular weight excluding hydrogens is 574 g/mol. The molecule has 0 N–H and O–H groups in total. The van der Waals surface area contributed by atoms with Crippen LogP contribution in [0.15, 0.2) is 54.9 Å². The standard InChI is InChI=1S/C39H51N3O4/c1-26(2)25-46-39(44)31-14-12-30(13-15-31)38(43)41(36-7-5-6-32(21-36)34-22-40-42(24-34)35-17-18-35)23-28-8-10-29(11-9-28)33-16-19-37(45-4)27(3)20-33/h5-7,16,19-22,24,26,28-31,35H,8-15,17-18,23,25H2,1-4H3. The van der Waals surface area contributed by atoms with E-state index < -0.39 is 0 Å². The van der Waals surface area contributed by atoms with Gasteiger partial charge in [0.25, 0.3) is 0 Å². The number of aryl methyl sites for hydroxylation is 1. The van der Waals surface area contributed by atoms with Gasteiger partial charge >= 0.3 is 5.97 Å². The molecule has 0 atom stereocenters. The van der Waals surface area contributed by atoms with Gasteiger partial charge in [-0.3, -0.25) is 14.3 Å². The van der Waals surface area contributed by atoms with Crippen LogP contribution < -0.4 is 9.64 Å². The highest BCUT2D eigenvalue weighted by Crippen LogP contribution is 2.40. The summed E-state index contributed by atoms with van der Waals surface area (Å²) >= 11 is 0. The van der Waals surface area contributed by atoms with Crippen LogP contribution in [-0.2, 0) is 14.3 Å². The van der Waals surface area contributed by atoms with Crippen LogP contribution in [0.5, 0.6) is 5.75 Å².